The van der Waals surface area contributed by atoms with E-state index < -0.39 is 0 Å². The molecular formula is C14H13FN2S2. The number of halogens is 1. The molecule has 0 aliphatic rings. The quantitative estimate of drug-likeness (QED) is 0.664. The number of para-hydroxylation sites is 1. The highest BCUT2D eigenvalue weighted by atomic mass is 32.2. The lowest BCUT2D eigenvalue weighted by atomic mass is 10.2. The molecule has 0 fully saturated rings. The second-order valence-electron chi connectivity index (χ2n) is 3.90. The smallest absolute Gasteiger partial charge is 0.168 e. The molecule has 2 aromatic carbocycles. The molecule has 0 aromatic heterocycles. The summed E-state index contributed by atoms with van der Waals surface area (Å²) in [5.41, 5.74) is 7.29. The van der Waals surface area contributed by atoms with Crippen molar-refractivity contribution in [3.63, 3.8) is 0 Å². The van der Waals surface area contributed by atoms with Crippen molar-refractivity contribution in [3.05, 3.63) is 59.9 Å². The zero-order chi connectivity index (χ0) is 13.7. The molecule has 3 N–H and O–H groups in total. The Balaban J connectivity index is 2.09. The molecule has 19 heavy (non-hydrogen) atoms. The number of anilines is 1. The fourth-order valence-electron chi connectivity index (χ4n) is 1.62. The fraction of sp³-hybridized carbons (Fsp3) is 0.0714. The average Bonchev–Trinajstić information content (AvgIpc) is 2.37. The van der Waals surface area contributed by atoms with Crippen molar-refractivity contribution in [1.82, 2.24) is 0 Å². The maximum absolute atomic E-state index is 13.1. The molecule has 0 bridgehead atoms. The summed E-state index contributed by atoms with van der Waals surface area (Å²) >= 11 is 6.45. The Labute approximate surface area is 121 Å². The number of benzene rings is 2. The second kappa shape index (κ2) is 6.54. The molecule has 0 aliphatic heterocycles. The van der Waals surface area contributed by atoms with E-state index in [1.807, 2.05) is 30.3 Å². The van der Waals surface area contributed by atoms with E-state index in [0.717, 1.165) is 16.1 Å². The number of nitrogens with two attached hydrogens (primary N) is 1. The summed E-state index contributed by atoms with van der Waals surface area (Å²) in [5, 5.41) is 3.17. The Hall–Kier alpha value is -1.59. The number of thioether (sulfide) groups is 1. The zero-order valence-electron chi connectivity index (χ0n) is 10.1. The molecule has 98 valence electrons. The number of nitrogens with one attached hydrogen (secondary N) is 1. The van der Waals surface area contributed by atoms with E-state index in [1.165, 1.54) is 12.1 Å². The lowest BCUT2D eigenvalue weighted by molar-refractivity contribution is 0.626. The number of hydrogen-bond acceptors (Lipinski definition) is 2. The predicted molar refractivity (Wildman–Crippen MR) is 82.8 cm³/mol. The van der Waals surface area contributed by atoms with Gasteiger partial charge in [-0.25, -0.2) is 4.39 Å². The first-order chi connectivity index (χ1) is 9.15. The Kier molecular flexibility index (Phi) is 4.76. The van der Waals surface area contributed by atoms with E-state index in [9.17, 15) is 4.39 Å². The third-order valence-electron chi connectivity index (χ3n) is 2.43. The number of thiocarbonyl (C=S) groups is 1. The van der Waals surface area contributed by atoms with E-state index in [0.29, 0.717) is 5.75 Å². The van der Waals surface area contributed by atoms with Gasteiger partial charge in [0.15, 0.2) is 5.11 Å². The van der Waals surface area contributed by atoms with Gasteiger partial charge >= 0.3 is 0 Å². The highest BCUT2D eigenvalue weighted by Crippen LogP contribution is 2.29. The van der Waals surface area contributed by atoms with Crippen LogP contribution in [0.25, 0.3) is 0 Å². The minimum absolute atomic E-state index is 0.215. The third-order valence-corrected chi connectivity index (χ3v) is 3.68. The van der Waals surface area contributed by atoms with Crippen molar-refractivity contribution in [2.75, 3.05) is 5.32 Å². The van der Waals surface area contributed by atoms with E-state index >= 15 is 0 Å². The Bertz CT molecular complexity index is 587. The zero-order valence-corrected chi connectivity index (χ0v) is 11.7. The van der Waals surface area contributed by atoms with Gasteiger partial charge in [-0.2, -0.15) is 0 Å². The van der Waals surface area contributed by atoms with Gasteiger partial charge in [-0.3, -0.25) is 0 Å². The largest absolute Gasteiger partial charge is 0.376 e. The van der Waals surface area contributed by atoms with E-state index in [-0.39, 0.29) is 10.9 Å². The van der Waals surface area contributed by atoms with Gasteiger partial charge in [0.1, 0.15) is 5.82 Å². The molecule has 5 heteroatoms. The van der Waals surface area contributed by atoms with E-state index in [2.05, 4.69) is 5.32 Å². The molecule has 0 radical (unpaired) electrons. The molecule has 2 aromatic rings. The molecule has 0 amide bonds. The fourth-order valence-corrected chi connectivity index (χ4v) is 2.68. The minimum atomic E-state index is -0.215. The molecule has 2 rings (SSSR count). The first-order valence-electron chi connectivity index (χ1n) is 5.68. The summed E-state index contributed by atoms with van der Waals surface area (Å²) in [6.07, 6.45) is 0. The van der Waals surface area contributed by atoms with Crippen LogP contribution in [0.2, 0.25) is 0 Å². The van der Waals surface area contributed by atoms with Gasteiger partial charge in [-0.1, -0.05) is 24.3 Å². The summed E-state index contributed by atoms with van der Waals surface area (Å²) in [4.78, 5) is 1.03. The standard InChI is InChI=1S/C14H13FN2S2/c15-11-5-3-4-10(8-11)9-19-13-7-2-1-6-12(13)17-14(16)18/h1-8H,9H2,(H3,16,17,18). The second-order valence-corrected chi connectivity index (χ2v) is 5.36. The molecule has 0 spiro atoms. The van der Waals surface area contributed by atoms with Gasteiger partial charge in [0, 0.05) is 10.6 Å². The molecule has 0 heterocycles. The number of rotatable bonds is 4. The minimum Gasteiger partial charge on any atom is -0.376 e. The summed E-state index contributed by atoms with van der Waals surface area (Å²) < 4.78 is 13.1. The van der Waals surface area contributed by atoms with Crippen LogP contribution < -0.4 is 11.1 Å². The van der Waals surface area contributed by atoms with Gasteiger partial charge in [0.25, 0.3) is 0 Å². The molecule has 0 saturated heterocycles. The van der Waals surface area contributed by atoms with Gasteiger partial charge in [0.05, 0.1) is 5.69 Å². The predicted octanol–water partition coefficient (Wildman–Crippen LogP) is 3.77. The normalized spacial score (nSPS) is 10.2. The van der Waals surface area contributed by atoms with Crippen LogP contribution in [0.15, 0.2) is 53.4 Å². The summed E-state index contributed by atoms with van der Waals surface area (Å²) in [6, 6.07) is 14.3. The Morgan fingerprint density at radius 2 is 2.00 bits per heavy atom. The maximum atomic E-state index is 13.1. The van der Waals surface area contributed by atoms with Crippen LogP contribution in [0, 0.1) is 5.82 Å². The van der Waals surface area contributed by atoms with Crippen molar-refractivity contribution in [3.8, 4) is 0 Å². The van der Waals surface area contributed by atoms with Crippen LogP contribution in [-0.2, 0) is 5.75 Å². The van der Waals surface area contributed by atoms with Crippen LogP contribution in [0.1, 0.15) is 5.56 Å². The van der Waals surface area contributed by atoms with Crippen LogP contribution in [-0.4, -0.2) is 5.11 Å². The topological polar surface area (TPSA) is 38.0 Å². The van der Waals surface area contributed by atoms with E-state index in [4.69, 9.17) is 18.0 Å². The molecule has 0 unspecified atom stereocenters. The Morgan fingerprint density at radius 1 is 1.21 bits per heavy atom. The van der Waals surface area contributed by atoms with E-state index in [1.54, 1.807) is 17.8 Å². The Morgan fingerprint density at radius 3 is 2.74 bits per heavy atom. The van der Waals surface area contributed by atoms with Crippen LogP contribution in [0.4, 0.5) is 10.1 Å². The first-order valence-corrected chi connectivity index (χ1v) is 7.07. The monoisotopic (exact) mass is 292 g/mol. The van der Waals surface area contributed by atoms with Crippen molar-refractivity contribution >= 4 is 34.8 Å². The summed E-state index contributed by atoms with van der Waals surface area (Å²) in [7, 11) is 0. The first kappa shape index (κ1) is 13.8. The molecular weight excluding hydrogens is 279 g/mol. The van der Waals surface area contributed by atoms with Gasteiger partial charge in [-0.05, 0) is 42.0 Å². The highest BCUT2D eigenvalue weighted by Gasteiger charge is 2.04. The molecule has 2 nitrogen and oxygen atoms in total. The molecule has 0 aliphatic carbocycles. The van der Waals surface area contributed by atoms with Crippen molar-refractivity contribution < 1.29 is 4.39 Å². The van der Waals surface area contributed by atoms with Gasteiger partial charge < -0.3 is 11.1 Å². The SMILES string of the molecule is NC(=S)Nc1ccccc1SCc1cccc(F)c1. The van der Waals surface area contributed by atoms with Crippen LogP contribution >= 0.6 is 24.0 Å². The van der Waals surface area contributed by atoms with Crippen LogP contribution in [0.3, 0.4) is 0 Å². The van der Waals surface area contributed by atoms with Gasteiger partial charge in [-0.15, -0.1) is 11.8 Å². The molecule has 0 saturated carbocycles. The lowest BCUT2D eigenvalue weighted by Crippen LogP contribution is -2.19. The van der Waals surface area contributed by atoms with Crippen molar-refractivity contribution in [2.24, 2.45) is 5.73 Å². The summed E-state index contributed by atoms with van der Waals surface area (Å²) in [6.45, 7) is 0. The lowest BCUT2D eigenvalue weighted by Gasteiger charge is -2.10. The third kappa shape index (κ3) is 4.22. The highest BCUT2D eigenvalue weighted by molar-refractivity contribution is 7.98. The van der Waals surface area contributed by atoms with Crippen molar-refractivity contribution in [2.45, 2.75) is 10.6 Å². The number of hydrogen-bond donors (Lipinski definition) is 2. The average molecular weight is 292 g/mol. The van der Waals surface area contributed by atoms with Crippen LogP contribution in [0.5, 0.6) is 0 Å². The van der Waals surface area contributed by atoms with Gasteiger partial charge in [0.2, 0.25) is 0 Å². The van der Waals surface area contributed by atoms with Crippen molar-refractivity contribution in [1.29, 1.82) is 0 Å². The summed E-state index contributed by atoms with van der Waals surface area (Å²) in [5.74, 6) is 0.473. The maximum Gasteiger partial charge on any atom is 0.168 e. The molecule has 0 atom stereocenters.